The summed E-state index contributed by atoms with van der Waals surface area (Å²) in [4.78, 5) is 0. The predicted octanol–water partition coefficient (Wildman–Crippen LogP) is 3.86. The molecule has 0 spiro atoms. The molecule has 2 rings (SSSR count). The fourth-order valence-corrected chi connectivity index (χ4v) is 1.93. The van der Waals surface area contributed by atoms with Crippen LogP contribution in [-0.4, -0.2) is 0 Å². The Morgan fingerprint density at radius 3 is 2.23 bits per heavy atom. The maximum Gasteiger partial charge on any atom is -0.0129 e. The van der Waals surface area contributed by atoms with Gasteiger partial charge in [0.25, 0.3) is 0 Å². The third-order valence-corrected chi connectivity index (χ3v) is 2.79. The molecule has 70 valence electrons. The minimum absolute atomic E-state index is 0.305. The van der Waals surface area contributed by atoms with E-state index >= 15 is 0 Å². The van der Waals surface area contributed by atoms with Gasteiger partial charge >= 0.3 is 0 Å². The van der Waals surface area contributed by atoms with E-state index in [-0.39, 0.29) is 0 Å². The minimum Gasteiger partial charge on any atom is -0.0620 e. The van der Waals surface area contributed by atoms with E-state index in [1.165, 1.54) is 18.4 Å². The first-order chi connectivity index (χ1) is 6.09. The summed E-state index contributed by atoms with van der Waals surface area (Å²) in [6, 6.07) is 8.92. The van der Waals surface area contributed by atoms with Crippen molar-refractivity contribution >= 4 is 0 Å². The van der Waals surface area contributed by atoms with Gasteiger partial charge in [0.05, 0.1) is 0 Å². The lowest BCUT2D eigenvalue weighted by Crippen LogP contribution is -2.13. The van der Waals surface area contributed by atoms with Crippen LogP contribution in [0.3, 0.4) is 0 Å². The predicted molar refractivity (Wildman–Crippen MR) is 57.1 cm³/mol. The Morgan fingerprint density at radius 1 is 1.08 bits per heavy atom. The molecule has 0 nitrogen and oxygen atoms in total. The van der Waals surface area contributed by atoms with Crippen molar-refractivity contribution in [3.8, 4) is 0 Å². The second-order valence-electron chi connectivity index (χ2n) is 5.11. The summed E-state index contributed by atoms with van der Waals surface area (Å²) in [6.07, 6.45) is 2.79. The van der Waals surface area contributed by atoms with Gasteiger partial charge in [0.2, 0.25) is 0 Å². The lowest BCUT2D eigenvalue weighted by molar-refractivity contribution is 0.582. The number of hydrogen-bond acceptors (Lipinski definition) is 0. The standard InChI is InChI=1S/C13H18/c1-13(2,3)12-7-5-4-6-11(12)10-8-9-10/h4-7,10H,8-9H2,1-3H3. The normalized spacial score (nSPS) is 17.5. The molecule has 1 saturated carbocycles. The Kier molecular flexibility index (Phi) is 1.94. The van der Waals surface area contributed by atoms with Crippen LogP contribution >= 0.6 is 0 Å². The van der Waals surface area contributed by atoms with E-state index in [2.05, 4.69) is 45.0 Å². The first-order valence-corrected chi connectivity index (χ1v) is 5.18. The van der Waals surface area contributed by atoms with E-state index in [1.807, 2.05) is 0 Å². The van der Waals surface area contributed by atoms with Crippen LogP contribution in [0, 0.1) is 0 Å². The Hall–Kier alpha value is -0.780. The van der Waals surface area contributed by atoms with Gasteiger partial charge in [-0.25, -0.2) is 0 Å². The van der Waals surface area contributed by atoms with Crippen LogP contribution in [0.15, 0.2) is 24.3 Å². The molecule has 1 aromatic rings. The number of benzene rings is 1. The monoisotopic (exact) mass is 174 g/mol. The highest BCUT2D eigenvalue weighted by Crippen LogP contribution is 2.44. The number of rotatable bonds is 1. The highest BCUT2D eigenvalue weighted by atomic mass is 14.3. The first kappa shape index (κ1) is 8.80. The minimum atomic E-state index is 0.305. The first-order valence-electron chi connectivity index (χ1n) is 5.18. The molecule has 13 heavy (non-hydrogen) atoms. The van der Waals surface area contributed by atoms with Crippen molar-refractivity contribution in [1.29, 1.82) is 0 Å². The molecule has 0 heteroatoms. The molecule has 0 N–H and O–H groups in total. The smallest absolute Gasteiger partial charge is 0.0129 e. The summed E-state index contributed by atoms with van der Waals surface area (Å²) < 4.78 is 0. The summed E-state index contributed by atoms with van der Waals surface area (Å²) in [5.74, 6) is 0.871. The molecule has 1 aliphatic rings. The van der Waals surface area contributed by atoms with Crippen LogP contribution in [0.4, 0.5) is 0 Å². The van der Waals surface area contributed by atoms with Gasteiger partial charge in [-0.1, -0.05) is 45.0 Å². The Balaban J connectivity index is 2.43. The highest BCUT2D eigenvalue weighted by Gasteiger charge is 2.28. The van der Waals surface area contributed by atoms with Crippen LogP contribution in [0.25, 0.3) is 0 Å². The summed E-state index contributed by atoms with van der Waals surface area (Å²) in [5, 5.41) is 0. The van der Waals surface area contributed by atoms with Crippen molar-refractivity contribution < 1.29 is 0 Å². The SMILES string of the molecule is CC(C)(C)c1ccccc1C1CC1. The van der Waals surface area contributed by atoms with Crippen molar-refractivity contribution in [2.45, 2.75) is 44.9 Å². The zero-order valence-electron chi connectivity index (χ0n) is 8.80. The van der Waals surface area contributed by atoms with Gasteiger partial charge < -0.3 is 0 Å². The molecule has 1 fully saturated rings. The maximum absolute atomic E-state index is 2.30. The molecule has 0 aromatic heterocycles. The van der Waals surface area contributed by atoms with Gasteiger partial charge in [-0.3, -0.25) is 0 Å². The van der Waals surface area contributed by atoms with Gasteiger partial charge in [0.15, 0.2) is 0 Å². The van der Waals surface area contributed by atoms with Crippen LogP contribution in [0.5, 0.6) is 0 Å². The average molecular weight is 174 g/mol. The molecule has 1 aliphatic carbocycles. The molecule has 1 aromatic carbocycles. The van der Waals surface area contributed by atoms with E-state index in [4.69, 9.17) is 0 Å². The molecule has 0 aliphatic heterocycles. The average Bonchev–Trinajstić information content (AvgIpc) is 2.85. The zero-order valence-corrected chi connectivity index (χ0v) is 8.80. The van der Waals surface area contributed by atoms with E-state index in [9.17, 15) is 0 Å². The lowest BCUT2D eigenvalue weighted by Gasteiger charge is -2.22. The van der Waals surface area contributed by atoms with E-state index in [1.54, 1.807) is 5.56 Å². The zero-order chi connectivity index (χ0) is 9.47. The molecule has 0 unspecified atom stereocenters. The van der Waals surface area contributed by atoms with Crippen LogP contribution in [0.1, 0.15) is 50.7 Å². The van der Waals surface area contributed by atoms with E-state index in [0.29, 0.717) is 5.41 Å². The molecule has 0 saturated heterocycles. The second kappa shape index (κ2) is 2.87. The third-order valence-electron chi connectivity index (χ3n) is 2.79. The van der Waals surface area contributed by atoms with Gasteiger partial charge in [-0.2, -0.15) is 0 Å². The van der Waals surface area contributed by atoms with Crippen molar-refractivity contribution in [3.63, 3.8) is 0 Å². The van der Waals surface area contributed by atoms with E-state index < -0.39 is 0 Å². The summed E-state index contributed by atoms with van der Waals surface area (Å²) in [5.41, 5.74) is 3.44. The van der Waals surface area contributed by atoms with Crippen molar-refractivity contribution in [1.82, 2.24) is 0 Å². The fraction of sp³-hybridized carbons (Fsp3) is 0.538. The fourth-order valence-electron chi connectivity index (χ4n) is 1.93. The molecule has 0 radical (unpaired) electrons. The van der Waals surface area contributed by atoms with Crippen LogP contribution < -0.4 is 0 Å². The van der Waals surface area contributed by atoms with Gasteiger partial charge in [-0.15, -0.1) is 0 Å². The molecule has 0 heterocycles. The van der Waals surface area contributed by atoms with Gasteiger partial charge in [-0.05, 0) is 35.3 Å². The molecule has 0 bridgehead atoms. The van der Waals surface area contributed by atoms with Crippen molar-refractivity contribution in [2.75, 3.05) is 0 Å². The van der Waals surface area contributed by atoms with Gasteiger partial charge in [0, 0.05) is 0 Å². The largest absolute Gasteiger partial charge is 0.0620 e. The molecule has 0 atom stereocenters. The topological polar surface area (TPSA) is 0 Å². The van der Waals surface area contributed by atoms with Gasteiger partial charge in [0.1, 0.15) is 0 Å². The Labute approximate surface area is 81.0 Å². The maximum atomic E-state index is 2.30. The third kappa shape index (κ3) is 1.77. The summed E-state index contributed by atoms with van der Waals surface area (Å²) >= 11 is 0. The van der Waals surface area contributed by atoms with E-state index in [0.717, 1.165) is 5.92 Å². The van der Waals surface area contributed by atoms with Crippen molar-refractivity contribution in [2.24, 2.45) is 0 Å². The highest BCUT2D eigenvalue weighted by molar-refractivity contribution is 5.37. The summed E-state index contributed by atoms with van der Waals surface area (Å²) in [6.45, 7) is 6.90. The lowest BCUT2D eigenvalue weighted by atomic mass is 9.82. The van der Waals surface area contributed by atoms with Crippen LogP contribution in [0.2, 0.25) is 0 Å². The molecule has 0 amide bonds. The quantitative estimate of drug-likeness (QED) is 0.606. The van der Waals surface area contributed by atoms with Crippen LogP contribution in [-0.2, 0) is 5.41 Å². The molecular weight excluding hydrogens is 156 g/mol. The van der Waals surface area contributed by atoms with Crippen molar-refractivity contribution in [3.05, 3.63) is 35.4 Å². The number of hydrogen-bond donors (Lipinski definition) is 0. The second-order valence-corrected chi connectivity index (χ2v) is 5.11. The summed E-state index contributed by atoms with van der Waals surface area (Å²) in [7, 11) is 0. The Bertz CT molecular complexity index is 300. The molecular formula is C13H18. The Morgan fingerprint density at radius 2 is 1.69 bits per heavy atom.